The summed E-state index contributed by atoms with van der Waals surface area (Å²) in [5.41, 5.74) is 0. The zero-order valence-electron chi connectivity index (χ0n) is 9.04. The zero-order chi connectivity index (χ0) is 9.80. The van der Waals surface area contributed by atoms with Crippen LogP contribution in [0.1, 0.15) is 57.8 Å². The van der Waals surface area contributed by atoms with Crippen LogP contribution in [0, 0.1) is 0 Å². The van der Waals surface area contributed by atoms with E-state index >= 15 is 0 Å². The molecule has 0 aromatic carbocycles. The minimum Gasteiger partial charge on any atom is -0.392 e. The first-order valence-electron chi connectivity index (χ1n) is 6.30. The summed E-state index contributed by atoms with van der Waals surface area (Å²) in [6.45, 7) is 0. The highest BCUT2D eigenvalue weighted by atomic mass is 16.3. The van der Waals surface area contributed by atoms with E-state index in [1.54, 1.807) is 0 Å². The van der Waals surface area contributed by atoms with E-state index in [4.69, 9.17) is 0 Å². The van der Waals surface area contributed by atoms with Gasteiger partial charge in [-0.3, -0.25) is 0 Å². The molecule has 0 aromatic heterocycles. The molecule has 2 heteroatoms. The van der Waals surface area contributed by atoms with Gasteiger partial charge in [0.15, 0.2) is 0 Å². The van der Waals surface area contributed by atoms with Crippen molar-refractivity contribution in [1.29, 1.82) is 0 Å². The van der Waals surface area contributed by atoms with Crippen molar-refractivity contribution in [2.75, 3.05) is 0 Å². The van der Waals surface area contributed by atoms with Crippen molar-refractivity contribution in [3.05, 3.63) is 0 Å². The highest BCUT2D eigenvalue weighted by Crippen LogP contribution is 2.23. The predicted octanol–water partition coefficient (Wildman–Crippen LogP) is 2.21. The molecule has 82 valence electrons. The van der Waals surface area contributed by atoms with Crippen LogP contribution in [-0.4, -0.2) is 23.3 Å². The molecule has 2 nitrogen and oxygen atoms in total. The lowest BCUT2D eigenvalue weighted by Gasteiger charge is -2.37. The average Bonchev–Trinajstić information content (AvgIpc) is 2.14. The summed E-state index contributed by atoms with van der Waals surface area (Å²) in [5, 5.41) is 13.1. The second-order valence-electron chi connectivity index (χ2n) is 4.96. The van der Waals surface area contributed by atoms with Crippen LogP contribution in [0.25, 0.3) is 0 Å². The molecule has 0 amide bonds. The summed E-state index contributed by atoms with van der Waals surface area (Å²) >= 11 is 0. The van der Waals surface area contributed by atoms with Crippen molar-refractivity contribution in [1.82, 2.24) is 5.32 Å². The Bertz CT molecular complexity index is 164. The smallest absolute Gasteiger partial charge is 0.0693 e. The van der Waals surface area contributed by atoms with Gasteiger partial charge in [0, 0.05) is 12.1 Å². The molecule has 2 N–H and O–H groups in total. The molecule has 14 heavy (non-hydrogen) atoms. The lowest BCUT2D eigenvalue weighted by molar-refractivity contribution is 0.0420. The Morgan fingerprint density at radius 3 is 1.93 bits per heavy atom. The monoisotopic (exact) mass is 197 g/mol. The summed E-state index contributed by atoms with van der Waals surface area (Å²) < 4.78 is 0. The molecule has 0 bridgehead atoms. The van der Waals surface area contributed by atoms with Gasteiger partial charge in [0.1, 0.15) is 0 Å². The number of nitrogens with one attached hydrogen (secondary N) is 1. The third kappa shape index (κ3) is 2.71. The van der Waals surface area contributed by atoms with Crippen molar-refractivity contribution in [2.45, 2.75) is 76.0 Å². The van der Waals surface area contributed by atoms with Gasteiger partial charge in [0.2, 0.25) is 0 Å². The molecular formula is C12H23NO. The van der Waals surface area contributed by atoms with E-state index in [1.807, 2.05) is 0 Å². The molecule has 0 aliphatic heterocycles. The molecule has 2 fully saturated rings. The first-order chi connectivity index (χ1) is 6.86. The van der Waals surface area contributed by atoms with Crippen LogP contribution < -0.4 is 5.32 Å². The summed E-state index contributed by atoms with van der Waals surface area (Å²) in [5.74, 6) is 0. The van der Waals surface area contributed by atoms with Crippen molar-refractivity contribution in [3.63, 3.8) is 0 Å². The largest absolute Gasteiger partial charge is 0.392 e. The maximum absolute atomic E-state index is 9.50. The van der Waals surface area contributed by atoms with E-state index in [0.717, 1.165) is 6.42 Å². The van der Waals surface area contributed by atoms with E-state index in [2.05, 4.69) is 5.32 Å². The summed E-state index contributed by atoms with van der Waals surface area (Å²) in [6.07, 6.45) is 11.8. The summed E-state index contributed by atoms with van der Waals surface area (Å²) in [4.78, 5) is 0. The van der Waals surface area contributed by atoms with Gasteiger partial charge >= 0.3 is 0 Å². The molecule has 0 aromatic rings. The van der Waals surface area contributed by atoms with Gasteiger partial charge in [-0.25, -0.2) is 0 Å². The number of aliphatic hydroxyl groups excluding tert-OH is 1. The Morgan fingerprint density at radius 1 is 0.786 bits per heavy atom. The van der Waals surface area contributed by atoms with Crippen LogP contribution >= 0.6 is 0 Å². The third-order valence-corrected chi connectivity index (χ3v) is 3.79. The quantitative estimate of drug-likeness (QED) is 0.711. The molecule has 0 heterocycles. The normalized spacial score (nSPS) is 35.8. The van der Waals surface area contributed by atoms with E-state index in [0.29, 0.717) is 12.1 Å². The first kappa shape index (κ1) is 10.4. The number of hydrogen-bond acceptors (Lipinski definition) is 2. The second kappa shape index (κ2) is 5.13. The Kier molecular flexibility index (Phi) is 3.82. The molecule has 0 spiro atoms. The fourth-order valence-corrected chi connectivity index (χ4v) is 2.60. The Balaban J connectivity index is 1.71. The van der Waals surface area contributed by atoms with Crippen molar-refractivity contribution in [2.24, 2.45) is 0 Å². The predicted molar refractivity (Wildman–Crippen MR) is 58.3 cm³/mol. The van der Waals surface area contributed by atoms with E-state index in [-0.39, 0.29) is 6.10 Å². The maximum atomic E-state index is 9.50. The van der Waals surface area contributed by atoms with Gasteiger partial charge in [-0.1, -0.05) is 32.1 Å². The van der Waals surface area contributed by atoms with Gasteiger partial charge in [-0.15, -0.1) is 0 Å². The van der Waals surface area contributed by atoms with Crippen molar-refractivity contribution in [3.8, 4) is 0 Å². The number of aliphatic hydroxyl groups is 1. The maximum Gasteiger partial charge on any atom is 0.0693 e. The van der Waals surface area contributed by atoms with Crippen LogP contribution in [0.3, 0.4) is 0 Å². The Morgan fingerprint density at radius 2 is 1.43 bits per heavy atom. The molecule has 2 saturated carbocycles. The van der Waals surface area contributed by atoms with Crippen LogP contribution in [0.2, 0.25) is 0 Å². The fourth-order valence-electron chi connectivity index (χ4n) is 2.60. The topological polar surface area (TPSA) is 32.3 Å². The van der Waals surface area contributed by atoms with Crippen LogP contribution in [0.15, 0.2) is 0 Å². The average molecular weight is 197 g/mol. The summed E-state index contributed by atoms with van der Waals surface area (Å²) in [6, 6.07) is 1.11. The van der Waals surface area contributed by atoms with Gasteiger partial charge in [0.25, 0.3) is 0 Å². The Hall–Kier alpha value is -0.0800. The van der Waals surface area contributed by atoms with E-state index in [9.17, 15) is 5.11 Å². The van der Waals surface area contributed by atoms with Gasteiger partial charge in [-0.2, -0.15) is 0 Å². The zero-order valence-corrected chi connectivity index (χ0v) is 9.04. The standard InChI is InChI=1S/C12H23NO/c14-12-9-8-11(12)13-10-6-4-2-1-3-5-7-10/h10-14H,1-9H2/t11-,12-/m1/s1. The number of hydrogen-bond donors (Lipinski definition) is 2. The van der Waals surface area contributed by atoms with E-state index < -0.39 is 0 Å². The minimum absolute atomic E-state index is 0.0551. The molecule has 0 saturated heterocycles. The van der Waals surface area contributed by atoms with Gasteiger partial charge < -0.3 is 10.4 Å². The van der Waals surface area contributed by atoms with Crippen LogP contribution in [0.5, 0.6) is 0 Å². The molecule has 0 radical (unpaired) electrons. The van der Waals surface area contributed by atoms with Gasteiger partial charge in [0.05, 0.1) is 6.10 Å². The van der Waals surface area contributed by atoms with Gasteiger partial charge in [-0.05, 0) is 25.7 Å². The lowest BCUT2D eigenvalue weighted by atomic mass is 9.87. The lowest BCUT2D eigenvalue weighted by Crippen LogP contribution is -2.51. The minimum atomic E-state index is -0.0551. The highest BCUT2D eigenvalue weighted by molar-refractivity contribution is 4.89. The Labute approximate surface area is 87.1 Å². The molecule has 2 rings (SSSR count). The van der Waals surface area contributed by atoms with Crippen LogP contribution in [0.4, 0.5) is 0 Å². The molecule has 0 unspecified atom stereocenters. The molecule has 2 aliphatic rings. The molecule has 2 atom stereocenters. The fraction of sp³-hybridized carbons (Fsp3) is 1.00. The SMILES string of the molecule is O[C@@H]1CC[C@H]1NC1CCCCCCC1. The van der Waals surface area contributed by atoms with Crippen molar-refractivity contribution >= 4 is 0 Å². The third-order valence-electron chi connectivity index (χ3n) is 3.79. The first-order valence-corrected chi connectivity index (χ1v) is 6.30. The second-order valence-corrected chi connectivity index (χ2v) is 4.96. The highest BCUT2D eigenvalue weighted by Gasteiger charge is 2.30. The molecular weight excluding hydrogens is 174 g/mol. The molecule has 2 aliphatic carbocycles. The van der Waals surface area contributed by atoms with E-state index in [1.165, 1.54) is 51.4 Å². The van der Waals surface area contributed by atoms with Crippen molar-refractivity contribution < 1.29 is 5.11 Å². The van der Waals surface area contributed by atoms with Crippen LogP contribution in [-0.2, 0) is 0 Å². The number of rotatable bonds is 2. The summed E-state index contributed by atoms with van der Waals surface area (Å²) in [7, 11) is 0.